The third-order valence-electron chi connectivity index (χ3n) is 5.36. The number of hydrogen-bond donors (Lipinski definition) is 3. The van der Waals surface area contributed by atoms with Crippen LogP contribution in [0.2, 0.25) is 0 Å². The van der Waals surface area contributed by atoms with Gasteiger partial charge >= 0.3 is 6.09 Å². The van der Waals surface area contributed by atoms with Gasteiger partial charge in [-0.2, -0.15) is 9.29 Å². The second-order valence-corrected chi connectivity index (χ2v) is 9.80. The minimum absolute atomic E-state index is 0.0241. The molecule has 3 heterocycles. The van der Waals surface area contributed by atoms with Crippen LogP contribution in [0.3, 0.4) is 0 Å². The molecule has 2 aromatic heterocycles. The number of hydrogen-bond acceptors (Lipinski definition) is 12. The number of amides is 2. The number of carbonyl (C=O) groups is 2. The standard InChI is InChI=1S/C21H24N8O7S/c1-22-20(30)17-14(10-15(26-27-17)24-21(31)35-3)23-13-7-4-6-12(18(13)34-2)19-25-16(36-28-19)11-29-8-5-9-37(29,32)33/h4,6-7,10H,5,8-9,11H2,1-3H3,(H,22,30)(H2,23,24,26,31). The summed E-state index contributed by atoms with van der Waals surface area (Å²) in [5, 5.41) is 19.7. The van der Waals surface area contributed by atoms with Crippen molar-refractivity contribution in [2.75, 3.05) is 44.2 Å². The van der Waals surface area contributed by atoms with Crippen LogP contribution in [-0.4, -0.2) is 78.6 Å². The van der Waals surface area contributed by atoms with Crippen molar-refractivity contribution in [2.45, 2.75) is 13.0 Å². The number of nitrogens with one attached hydrogen (secondary N) is 3. The molecule has 0 spiro atoms. The first kappa shape index (κ1) is 25.8. The lowest BCUT2D eigenvalue weighted by Gasteiger charge is -2.15. The minimum Gasteiger partial charge on any atom is -0.494 e. The van der Waals surface area contributed by atoms with Crippen LogP contribution in [0, 0.1) is 0 Å². The normalized spacial score (nSPS) is 14.7. The molecule has 2 amide bonds. The second kappa shape index (κ2) is 10.8. The zero-order chi connectivity index (χ0) is 26.6. The van der Waals surface area contributed by atoms with E-state index in [0.717, 1.165) is 0 Å². The van der Waals surface area contributed by atoms with E-state index < -0.39 is 22.0 Å². The molecule has 1 saturated heterocycles. The molecule has 1 aliphatic rings. The van der Waals surface area contributed by atoms with Gasteiger partial charge in [-0.25, -0.2) is 13.2 Å². The molecule has 0 unspecified atom stereocenters. The van der Waals surface area contributed by atoms with E-state index in [1.807, 2.05) is 0 Å². The predicted molar refractivity (Wildman–Crippen MR) is 130 cm³/mol. The molecule has 4 rings (SSSR count). The Morgan fingerprint density at radius 1 is 1.19 bits per heavy atom. The molecule has 0 radical (unpaired) electrons. The largest absolute Gasteiger partial charge is 0.494 e. The van der Waals surface area contributed by atoms with Gasteiger partial charge in [0.25, 0.3) is 5.91 Å². The first-order valence-electron chi connectivity index (χ1n) is 10.9. The number of nitrogens with zero attached hydrogens (tertiary/aromatic N) is 5. The third-order valence-corrected chi connectivity index (χ3v) is 7.27. The lowest BCUT2D eigenvalue weighted by Crippen LogP contribution is -2.25. The van der Waals surface area contributed by atoms with Crippen LogP contribution < -0.4 is 20.7 Å². The number of methoxy groups -OCH3 is 2. The smallest absolute Gasteiger partial charge is 0.412 e. The van der Waals surface area contributed by atoms with Crippen molar-refractivity contribution < 1.29 is 32.0 Å². The molecule has 196 valence electrons. The Kier molecular flexibility index (Phi) is 7.49. The monoisotopic (exact) mass is 532 g/mol. The van der Waals surface area contributed by atoms with Gasteiger partial charge in [0.05, 0.1) is 43.5 Å². The highest BCUT2D eigenvalue weighted by molar-refractivity contribution is 7.89. The molecule has 1 aliphatic heterocycles. The third kappa shape index (κ3) is 5.59. The molecule has 3 N–H and O–H groups in total. The van der Waals surface area contributed by atoms with E-state index in [2.05, 4.69) is 41.0 Å². The molecular weight excluding hydrogens is 508 g/mol. The molecule has 1 fully saturated rings. The summed E-state index contributed by atoms with van der Waals surface area (Å²) < 4.78 is 41.0. The molecule has 16 heteroatoms. The van der Waals surface area contributed by atoms with E-state index >= 15 is 0 Å². The summed E-state index contributed by atoms with van der Waals surface area (Å²) in [4.78, 5) is 28.3. The van der Waals surface area contributed by atoms with Crippen molar-refractivity contribution in [3.8, 4) is 17.1 Å². The Morgan fingerprint density at radius 3 is 2.68 bits per heavy atom. The molecule has 3 aromatic rings. The van der Waals surface area contributed by atoms with Crippen molar-refractivity contribution >= 4 is 39.2 Å². The maximum atomic E-state index is 12.4. The van der Waals surface area contributed by atoms with Crippen LogP contribution in [0.15, 0.2) is 28.8 Å². The highest BCUT2D eigenvalue weighted by atomic mass is 32.2. The number of para-hydroxylation sites is 1. The lowest BCUT2D eigenvalue weighted by atomic mass is 10.1. The first-order valence-corrected chi connectivity index (χ1v) is 12.6. The van der Waals surface area contributed by atoms with Crippen molar-refractivity contribution in [3.05, 3.63) is 35.9 Å². The number of rotatable bonds is 8. The summed E-state index contributed by atoms with van der Waals surface area (Å²) in [5.41, 5.74) is 1.03. The number of aromatic nitrogens is 4. The topological polar surface area (TPSA) is 191 Å². The van der Waals surface area contributed by atoms with Gasteiger partial charge in [0.1, 0.15) is 0 Å². The zero-order valence-corrected chi connectivity index (χ0v) is 21.0. The number of benzene rings is 1. The van der Waals surface area contributed by atoms with Gasteiger partial charge in [0, 0.05) is 19.7 Å². The summed E-state index contributed by atoms with van der Waals surface area (Å²) in [6.07, 6.45) is -0.217. The van der Waals surface area contributed by atoms with E-state index in [-0.39, 0.29) is 41.2 Å². The van der Waals surface area contributed by atoms with E-state index in [1.54, 1.807) is 18.2 Å². The van der Waals surface area contributed by atoms with Crippen molar-refractivity contribution in [3.63, 3.8) is 0 Å². The van der Waals surface area contributed by atoms with Gasteiger partial charge in [-0.1, -0.05) is 11.2 Å². The highest BCUT2D eigenvalue weighted by Gasteiger charge is 2.30. The Balaban J connectivity index is 1.66. The quantitative estimate of drug-likeness (QED) is 0.378. The van der Waals surface area contributed by atoms with Gasteiger partial charge in [-0.05, 0) is 18.6 Å². The summed E-state index contributed by atoms with van der Waals surface area (Å²) in [7, 11) is 0.753. The van der Waals surface area contributed by atoms with Crippen LogP contribution in [0.25, 0.3) is 11.4 Å². The minimum atomic E-state index is -3.33. The maximum Gasteiger partial charge on any atom is 0.412 e. The van der Waals surface area contributed by atoms with Gasteiger partial charge in [-0.15, -0.1) is 10.2 Å². The van der Waals surface area contributed by atoms with E-state index in [1.165, 1.54) is 31.6 Å². The van der Waals surface area contributed by atoms with Gasteiger partial charge in [0.2, 0.25) is 21.7 Å². The average molecular weight is 533 g/mol. The lowest BCUT2D eigenvalue weighted by molar-refractivity contribution is 0.0958. The van der Waals surface area contributed by atoms with E-state index in [0.29, 0.717) is 30.0 Å². The fourth-order valence-corrected chi connectivity index (χ4v) is 5.08. The van der Waals surface area contributed by atoms with E-state index in [4.69, 9.17) is 9.26 Å². The Morgan fingerprint density at radius 2 is 2.00 bits per heavy atom. The zero-order valence-electron chi connectivity index (χ0n) is 20.1. The Bertz CT molecular complexity index is 1430. The average Bonchev–Trinajstić information content (AvgIpc) is 3.49. The number of ether oxygens (including phenoxy) is 2. The predicted octanol–water partition coefficient (Wildman–Crippen LogP) is 1.35. The molecule has 0 atom stereocenters. The fraction of sp³-hybridized carbons (Fsp3) is 0.333. The highest BCUT2D eigenvalue weighted by Crippen LogP contribution is 2.37. The summed E-state index contributed by atoms with van der Waals surface area (Å²) >= 11 is 0. The van der Waals surface area contributed by atoms with Crippen molar-refractivity contribution in [1.29, 1.82) is 0 Å². The molecule has 0 saturated carbocycles. The SMILES string of the molecule is CNC(=O)c1nnc(NC(=O)OC)cc1Nc1cccc(-c2noc(CN3CCCS3(=O)=O)n2)c1OC. The number of sulfonamides is 1. The number of anilines is 3. The van der Waals surface area contributed by atoms with Crippen molar-refractivity contribution in [1.82, 2.24) is 30.0 Å². The Labute approximate surface area is 211 Å². The molecule has 0 bridgehead atoms. The van der Waals surface area contributed by atoms with Gasteiger partial charge in [0.15, 0.2) is 17.3 Å². The van der Waals surface area contributed by atoms with E-state index in [9.17, 15) is 18.0 Å². The maximum absolute atomic E-state index is 12.4. The molecule has 1 aromatic carbocycles. The second-order valence-electron chi connectivity index (χ2n) is 7.71. The van der Waals surface area contributed by atoms with Crippen LogP contribution in [0.5, 0.6) is 5.75 Å². The summed E-state index contributed by atoms with van der Waals surface area (Å²) in [6, 6.07) is 6.48. The van der Waals surface area contributed by atoms with Crippen LogP contribution in [0.1, 0.15) is 22.8 Å². The number of carbonyl (C=O) groups excluding carboxylic acids is 2. The molecule has 15 nitrogen and oxygen atoms in total. The van der Waals surface area contributed by atoms with Crippen LogP contribution in [-0.2, 0) is 21.3 Å². The fourth-order valence-electron chi connectivity index (χ4n) is 3.61. The Hall–Kier alpha value is -4.31. The molecule has 0 aliphatic carbocycles. The molecular formula is C21H24N8O7S. The summed E-state index contributed by atoms with van der Waals surface area (Å²) in [5.74, 6) is 0.241. The first-order chi connectivity index (χ1) is 17.7. The van der Waals surface area contributed by atoms with Crippen LogP contribution >= 0.6 is 0 Å². The van der Waals surface area contributed by atoms with Crippen LogP contribution in [0.4, 0.5) is 22.0 Å². The van der Waals surface area contributed by atoms with Crippen molar-refractivity contribution in [2.24, 2.45) is 0 Å². The summed E-state index contributed by atoms with van der Waals surface area (Å²) in [6.45, 7) is 0.368. The van der Waals surface area contributed by atoms with Gasteiger partial charge in [-0.3, -0.25) is 10.1 Å². The molecule has 37 heavy (non-hydrogen) atoms. The van der Waals surface area contributed by atoms with Gasteiger partial charge < -0.3 is 24.6 Å².